The van der Waals surface area contributed by atoms with E-state index in [9.17, 15) is 19.6 Å². The molecule has 0 bridgehead atoms. The zero-order valence-corrected chi connectivity index (χ0v) is 9.01. The fourth-order valence-electron chi connectivity index (χ4n) is 1.93. The van der Waals surface area contributed by atoms with E-state index in [1.165, 1.54) is 6.07 Å². The Bertz CT molecular complexity index is 437. The smallest absolute Gasteiger partial charge is 0.305 e. The van der Waals surface area contributed by atoms with Crippen molar-refractivity contribution in [1.82, 2.24) is 0 Å². The summed E-state index contributed by atoms with van der Waals surface area (Å²) in [7, 11) is 0. The van der Waals surface area contributed by atoms with Crippen LogP contribution in [0.3, 0.4) is 0 Å². The molecule has 0 saturated heterocycles. The lowest BCUT2D eigenvalue weighted by Gasteiger charge is -2.16. The molecule has 5 nitrogen and oxygen atoms in total. The summed E-state index contributed by atoms with van der Waals surface area (Å²) >= 11 is 0. The van der Waals surface area contributed by atoms with Crippen molar-refractivity contribution >= 4 is 5.69 Å². The van der Waals surface area contributed by atoms with Crippen LogP contribution in [0.25, 0.3) is 0 Å². The number of rotatable bonds is 3. The van der Waals surface area contributed by atoms with E-state index in [0.717, 1.165) is 18.6 Å². The summed E-state index contributed by atoms with van der Waals surface area (Å²) in [6, 6.07) is 3.38. The van der Waals surface area contributed by atoms with Gasteiger partial charge < -0.3 is 9.84 Å². The van der Waals surface area contributed by atoms with Crippen molar-refractivity contribution in [3.8, 4) is 5.75 Å². The van der Waals surface area contributed by atoms with Crippen LogP contribution in [0.2, 0.25) is 0 Å². The SMILES string of the molecule is O=[N+]([O-])c1ccc(OC2CCCC2O)cc1F. The van der Waals surface area contributed by atoms with Crippen LogP contribution >= 0.6 is 0 Å². The Morgan fingerprint density at radius 1 is 1.47 bits per heavy atom. The Morgan fingerprint density at radius 3 is 2.76 bits per heavy atom. The van der Waals surface area contributed by atoms with Gasteiger partial charge in [-0.2, -0.15) is 4.39 Å². The highest BCUT2D eigenvalue weighted by molar-refractivity contribution is 5.38. The number of nitro benzene ring substituents is 1. The number of halogens is 1. The van der Waals surface area contributed by atoms with Gasteiger partial charge in [0.25, 0.3) is 0 Å². The minimum absolute atomic E-state index is 0.207. The molecule has 1 aromatic carbocycles. The maximum absolute atomic E-state index is 13.3. The zero-order chi connectivity index (χ0) is 12.4. The van der Waals surface area contributed by atoms with E-state index in [4.69, 9.17) is 4.74 Å². The molecule has 6 heteroatoms. The molecule has 1 N–H and O–H groups in total. The predicted octanol–water partition coefficient (Wildman–Crippen LogP) is 2.03. The Hall–Kier alpha value is -1.69. The molecule has 1 aliphatic rings. The van der Waals surface area contributed by atoms with Crippen LogP contribution in [0, 0.1) is 15.9 Å². The molecule has 2 atom stereocenters. The fourth-order valence-corrected chi connectivity index (χ4v) is 1.93. The molecule has 0 heterocycles. The molecule has 1 aromatic rings. The van der Waals surface area contributed by atoms with Crippen LogP contribution in [0.1, 0.15) is 19.3 Å². The van der Waals surface area contributed by atoms with Gasteiger partial charge in [-0.1, -0.05) is 0 Å². The van der Waals surface area contributed by atoms with Gasteiger partial charge in [0.1, 0.15) is 11.9 Å². The van der Waals surface area contributed by atoms with Crippen molar-refractivity contribution in [2.24, 2.45) is 0 Å². The van der Waals surface area contributed by atoms with Crippen LogP contribution in [0.15, 0.2) is 18.2 Å². The summed E-state index contributed by atoms with van der Waals surface area (Å²) in [5.74, 6) is -0.723. The first kappa shape index (κ1) is 11.8. The third-order valence-corrected chi connectivity index (χ3v) is 2.82. The van der Waals surface area contributed by atoms with Gasteiger partial charge in [-0.05, 0) is 25.3 Å². The Labute approximate surface area is 97.0 Å². The lowest BCUT2D eigenvalue weighted by atomic mass is 10.2. The highest BCUT2D eigenvalue weighted by Gasteiger charge is 2.27. The Morgan fingerprint density at radius 2 is 2.24 bits per heavy atom. The first-order chi connectivity index (χ1) is 8.08. The van der Waals surface area contributed by atoms with Crippen LogP contribution < -0.4 is 4.74 Å². The van der Waals surface area contributed by atoms with Crippen molar-refractivity contribution in [2.45, 2.75) is 31.5 Å². The Kier molecular flexibility index (Phi) is 3.23. The van der Waals surface area contributed by atoms with Crippen LogP contribution in [-0.4, -0.2) is 22.2 Å². The van der Waals surface area contributed by atoms with Crippen molar-refractivity contribution in [3.05, 3.63) is 34.1 Å². The molecule has 0 spiro atoms. The second-order valence-corrected chi connectivity index (χ2v) is 4.02. The largest absolute Gasteiger partial charge is 0.488 e. The molecular formula is C11H12FNO4. The first-order valence-corrected chi connectivity index (χ1v) is 5.36. The highest BCUT2D eigenvalue weighted by atomic mass is 19.1. The molecule has 0 radical (unpaired) electrons. The lowest BCUT2D eigenvalue weighted by molar-refractivity contribution is -0.387. The van der Waals surface area contributed by atoms with E-state index in [2.05, 4.69) is 0 Å². The predicted molar refractivity (Wildman–Crippen MR) is 57.3 cm³/mol. The average molecular weight is 241 g/mol. The number of benzene rings is 1. The van der Waals surface area contributed by atoms with E-state index in [1.807, 2.05) is 0 Å². The van der Waals surface area contributed by atoms with E-state index in [1.54, 1.807) is 0 Å². The van der Waals surface area contributed by atoms with Gasteiger partial charge in [-0.3, -0.25) is 10.1 Å². The number of ether oxygens (including phenoxy) is 1. The molecular weight excluding hydrogens is 229 g/mol. The van der Waals surface area contributed by atoms with Crippen molar-refractivity contribution < 1.29 is 19.2 Å². The minimum Gasteiger partial charge on any atom is -0.488 e. The zero-order valence-electron chi connectivity index (χ0n) is 9.01. The quantitative estimate of drug-likeness (QED) is 0.649. The van der Waals surface area contributed by atoms with Gasteiger partial charge in [0, 0.05) is 12.1 Å². The molecule has 0 amide bonds. The number of nitro groups is 1. The molecule has 1 saturated carbocycles. The molecule has 92 valence electrons. The molecule has 0 aliphatic heterocycles. The average Bonchev–Trinajstić information content (AvgIpc) is 2.64. The second-order valence-electron chi connectivity index (χ2n) is 4.02. The summed E-state index contributed by atoms with van der Waals surface area (Å²) < 4.78 is 18.7. The van der Waals surface area contributed by atoms with Crippen LogP contribution in [-0.2, 0) is 0 Å². The summed E-state index contributed by atoms with van der Waals surface area (Å²) in [5.41, 5.74) is -0.579. The summed E-state index contributed by atoms with van der Waals surface area (Å²) in [6.07, 6.45) is 1.34. The number of nitrogens with zero attached hydrogens (tertiary/aromatic N) is 1. The number of aliphatic hydroxyl groups is 1. The second kappa shape index (κ2) is 4.67. The van der Waals surface area contributed by atoms with Gasteiger partial charge in [-0.15, -0.1) is 0 Å². The Balaban J connectivity index is 2.12. The minimum atomic E-state index is -0.931. The molecule has 0 aromatic heterocycles. The third kappa shape index (κ3) is 2.52. The maximum atomic E-state index is 13.3. The summed E-state index contributed by atoms with van der Waals surface area (Å²) in [4.78, 5) is 9.63. The maximum Gasteiger partial charge on any atom is 0.305 e. The van der Waals surface area contributed by atoms with Gasteiger partial charge in [-0.25, -0.2) is 0 Å². The van der Waals surface area contributed by atoms with E-state index >= 15 is 0 Å². The van der Waals surface area contributed by atoms with Crippen LogP contribution in [0.4, 0.5) is 10.1 Å². The van der Waals surface area contributed by atoms with Crippen molar-refractivity contribution in [3.63, 3.8) is 0 Å². The fraction of sp³-hybridized carbons (Fsp3) is 0.455. The number of aliphatic hydroxyl groups excluding tert-OH is 1. The lowest BCUT2D eigenvalue weighted by Crippen LogP contribution is -2.25. The summed E-state index contributed by atoms with van der Waals surface area (Å²) in [6.45, 7) is 0. The molecule has 2 unspecified atom stereocenters. The van der Waals surface area contributed by atoms with Gasteiger partial charge >= 0.3 is 5.69 Å². The number of hydrogen-bond donors (Lipinski definition) is 1. The first-order valence-electron chi connectivity index (χ1n) is 5.36. The monoisotopic (exact) mass is 241 g/mol. The standard InChI is InChI=1S/C11H12FNO4/c12-8-6-7(4-5-9(8)13(15)16)17-11-3-1-2-10(11)14/h4-6,10-11,14H,1-3H2. The molecule has 1 aliphatic carbocycles. The summed E-state index contributed by atoms with van der Waals surface area (Å²) in [5, 5.41) is 19.9. The number of hydrogen-bond acceptors (Lipinski definition) is 4. The van der Waals surface area contributed by atoms with Gasteiger partial charge in [0.05, 0.1) is 11.0 Å². The van der Waals surface area contributed by atoms with Crippen LogP contribution in [0.5, 0.6) is 5.75 Å². The molecule has 2 rings (SSSR count). The van der Waals surface area contributed by atoms with Gasteiger partial charge in [0.2, 0.25) is 5.82 Å². The van der Waals surface area contributed by atoms with Crippen molar-refractivity contribution in [1.29, 1.82) is 0 Å². The van der Waals surface area contributed by atoms with E-state index in [-0.39, 0.29) is 11.9 Å². The topological polar surface area (TPSA) is 72.6 Å². The highest BCUT2D eigenvalue weighted by Crippen LogP contribution is 2.27. The molecule has 17 heavy (non-hydrogen) atoms. The van der Waals surface area contributed by atoms with Gasteiger partial charge in [0.15, 0.2) is 0 Å². The normalized spacial score (nSPS) is 23.6. The van der Waals surface area contributed by atoms with E-state index in [0.29, 0.717) is 12.8 Å². The third-order valence-electron chi connectivity index (χ3n) is 2.82. The van der Waals surface area contributed by atoms with E-state index < -0.39 is 22.5 Å². The molecule has 1 fully saturated rings. The van der Waals surface area contributed by atoms with Crippen molar-refractivity contribution in [2.75, 3.05) is 0 Å².